The summed E-state index contributed by atoms with van der Waals surface area (Å²) in [6, 6.07) is 3.49. The molecule has 0 unspecified atom stereocenters. The number of furan rings is 1. The van der Waals surface area contributed by atoms with Gasteiger partial charge in [0.2, 0.25) is 5.69 Å². The minimum atomic E-state index is -1.11. The summed E-state index contributed by atoms with van der Waals surface area (Å²) in [5.41, 5.74) is 0.319. The fraction of sp³-hybridized carbons (Fsp3) is 0.300. The van der Waals surface area contributed by atoms with Crippen LogP contribution in [-0.4, -0.2) is 26.1 Å². The third kappa shape index (κ3) is 1.58. The highest BCUT2D eigenvalue weighted by Gasteiger charge is 2.22. The maximum atomic E-state index is 11.0. The molecule has 6 nitrogen and oxygen atoms in total. The number of aromatic carboxylic acids is 1. The molecule has 0 aliphatic carbocycles. The van der Waals surface area contributed by atoms with Gasteiger partial charge in [-0.2, -0.15) is 0 Å². The summed E-state index contributed by atoms with van der Waals surface area (Å²) in [6.45, 7) is 4.19. The molecule has 0 bridgehead atoms. The lowest BCUT2D eigenvalue weighted by Crippen LogP contribution is -2.02. The van der Waals surface area contributed by atoms with E-state index in [1.165, 1.54) is 4.68 Å². The van der Waals surface area contributed by atoms with Crippen molar-refractivity contribution in [2.45, 2.75) is 20.4 Å². The molecular weight excluding hydrogens is 210 g/mol. The van der Waals surface area contributed by atoms with Gasteiger partial charge in [0.25, 0.3) is 0 Å². The fourth-order valence-corrected chi connectivity index (χ4v) is 1.48. The SMILES string of the molecule is CCn1nnc(C(=O)O)c1-c1ccc(C)o1. The van der Waals surface area contributed by atoms with E-state index in [-0.39, 0.29) is 5.69 Å². The van der Waals surface area contributed by atoms with Crippen LogP contribution in [0.1, 0.15) is 23.2 Å². The van der Waals surface area contributed by atoms with Crippen LogP contribution in [0.25, 0.3) is 11.5 Å². The highest BCUT2D eigenvalue weighted by Crippen LogP contribution is 2.24. The Bertz CT molecular complexity index is 527. The first-order valence-electron chi connectivity index (χ1n) is 4.87. The Kier molecular flexibility index (Phi) is 2.47. The fourth-order valence-electron chi connectivity index (χ4n) is 1.48. The molecule has 0 atom stereocenters. The normalized spacial score (nSPS) is 10.6. The number of rotatable bonds is 3. The topological polar surface area (TPSA) is 81.2 Å². The average Bonchev–Trinajstić information content (AvgIpc) is 2.82. The molecule has 6 heteroatoms. The van der Waals surface area contributed by atoms with E-state index < -0.39 is 5.97 Å². The monoisotopic (exact) mass is 221 g/mol. The van der Waals surface area contributed by atoms with E-state index >= 15 is 0 Å². The number of carboxylic acids is 1. The lowest BCUT2D eigenvalue weighted by Gasteiger charge is -2.00. The van der Waals surface area contributed by atoms with Crippen LogP contribution in [0, 0.1) is 6.92 Å². The van der Waals surface area contributed by atoms with Gasteiger partial charge in [-0.25, -0.2) is 9.48 Å². The second kappa shape index (κ2) is 3.80. The molecule has 2 rings (SSSR count). The van der Waals surface area contributed by atoms with Gasteiger partial charge in [-0.15, -0.1) is 5.10 Å². The van der Waals surface area contributed by atoms with Gasteiger partial charge in [0, 0.05) is 6.54 Å². The zero-order valence-electron chi connectivity index (χ0n) is 8.97. The van der Waals surface area contributed by atoms with E-state index in [4.69, 9.17) is 9.52 Å². The van der Waals surface area contributed by atoms with Gasteiger partial charge in [-0.1, -0.05) is 5.21 Å². The minimum Gasteiger partial charge on any atom is -0.476 e. The smallest absolute Gasteiger partial charge is 0.358 e. The maximum absolute atomic E-state index is 11.0. The molecule has 0 aromatic carbocycles. The molecule has 2 aromatic rings. The Morgan fingerprint density at radius 1 is 1.56 bits per heavy atom. The lowest BCUT2D eigenvalue weighted by atomic mass is 10.2. The van der Waals surface area contributed by atoms with E-state index in [9.17, 15) is 4.79 Å². The van der Waals surface area contributed by atoms with Gasteiger partial charge in [0.1, 0.15) is 11.5 Å². The predicted octanol–water partition coefficient (Wildman–Crippen LogP) is 1.56. The summed E-state index contributed by atoms with van der Waals surface area (Å²) < 4.78 is 6.90. The van der Waals surface area contributed by atoms with Gasteiger partial charge in [-0.05, 0) is 26.0 Å². The molecule has 0 saturated carbocycles. The molecular formula is C10H11N3O3. The van der Waals surface area contributed by atoms with Crippen molar-refractivity contribution in [1.29, 1.82) is 0 Å². The number of carbonyl (C=O) groups is 1. The second-order valence-electron chi connectivity index (χ2n) is 3.32. The number of nitrogens with zero attached hydrogens (tertiary/aromatic N) is 3. The van der Waals surface area contributed by atoms with Crippen LogP contribution < -0.4 is 0 Å². The third-order valence-electron chi connectivity index (χ3n) is 2.21. The first-order valence-corrected chi connectivity index (χ1v) is 4.87. The Morgan fingerprint density at radius 2 is 2.31 bits per heavy atom. The standard InChI is InChI=1S/C10H11N3O3/c1-3-13-9(7-5-4-6(2)16-7)8(10(14)15)11-12-13/h4-5H,3H2,1-2H3,(H,14,15). The summed E-state index contributed by atoms with van der Waals surface area (Å²) in [5, 5.41) is 16.4. The van der Waals surface area contributed by atoms with Crippen LogP contribution in [0.15, 0.2) is 16.5 Å². The van der Waals surface area contributed by atoms with Crippen LogP contribution in [0.5, 0.6) is 0 Å². The Labute approximate surface area is 91.5 Å². The Balaban J connectivity index is 2.60. The van der Waals surface area contributed by atoms with Gasteiger partial charge < -0.3 is 9.52 Å². The van der Waals surface area contributed by atoms with Crippen molar-refractivity contribution in [2.75, 3.05) is 0 Å². The molecule has 84 valence electrons. The van der Waals surface area contributed by atoms with Gasteiger partial charge in [0.15, 0.2) is 5.76 Å². The quantitative estimate of drug-likeness (QED) is 0.850. The van der Waals surface area contributed by atoms with E-state index in [1.807, 2.05) is 6.92 Å². The molecule has 16 heavy (non-hydrogen) atoms. The third-order valence-corrected chi connectivity index (χ3v) is 2.21. The number of hydrogen-bond acceptors (Lipinski definition) is 4. The zero-order valence-corrected chi connectivity index (χ0v) is 8.97. The average molecular weight is 221 g/mol. The number of carboxylic acid groups (broad SMARTS) is 1. The summed E-state index contributed by atoms with van der Waals surface area (Å²) in [6.07, 6.45) is 0. The van der Waals surface area contributed by atoms with Crippen LogP contribution in [0.2, 0.25) is 0 Å². The molecule has 0 fully saturated rings. The molecule has 1 N–H and O–H groups in total. The Hall–Kier alpha value is -2.11. The van der Waals surface area contributed by atoms with Crippen molar-refractivity contribution >= 4 is 5.97 Å². The molecule has 0 radical (unpaired) electrons. The Morgan fingerprint density at radius 3 is 2.81 bits per heavy atom. The molecule has 0 aliphatic heterocycles. The van der Waals surface area contributed by atoms with E-state index in [0.717, 1.165) is 5.76 Å². The van der Waals surface area contributed by atoms with Crippen molar-refractivity contribution in [3.05, 3.63) is 23.6 Å². The lowest BCUT2D eigenvalue weighted by molar-refractivity contribution is 0.0691. The highest BCUT2D eigenvalue weighted by atomic mass is 16.4. The molecule has 0 amide bonds. The maximum Gasteiger partial charge on any atom is 0.358 e. The van der Waals surface area contributed by atoms with Crippen molar-refractivity contribution in [3.63, 3.8) is 0 Å². The summed E-state index contributed by atoms with van der Waals surface area (Å²) in [4.78, 5) is 11.0. The van der Waals surface area contributed by atoms with Gasteiger partial charge in [0.05, 0.1) is 0 Å². The largest absolute Gasteiger partial charge is 0.476 e. The number of hydrogen-bond donors (Lipinski definition) is 1. The highest BCUT2D eigenvalue weighted by molar-refractivity contribution is 5.91. The van der Waals surface area contributed by atoms with Gasteiger partial charge in [-0.3, -0.25) is 0 Å². The molecule has 0 saturated heterocycles. The zero-order chi connectivity index (χ0) is 11.7. The van der Waals surface area contributed by atoms with Crippen LogP contribution in [0.3, 0.4) is 0 Å². The van der Waals surface area contributed by atoms with Crippen LogP contribution in [-0.2, 0) is 6.54 Å². The van der Waals surface area contributed by atoms with Gasteiger partial charge >= 0.3 is 5.97 Å². The van der Waals surface area contributed by atoms with Crippen molar-refractivity contribution < 1.29 is 14.3 Å². The minimum absolute atomic E-state index is 0.0869. The van der Waals surface area contributed by atoms with Crippen molar-refractivity contribution in [2.24, 2.45) is 0 Å². The van der Waals surface area contributed by atoms with Crippen molar-refractivity contribution in [3.8, 4) is 11.5 Å². The van der Waals surface area contributed by atoms with Crippen LogP contribution in [0.4, 0.5) is 0 Å². The first kappa shape index (κ1) is 10.4. The van der Waals surface area contributed by atoms with E-state index in [1.54, 1.807) is 19.1 Å². The molecule has 2 heterocycles. The van der Waals surface area contributed by atoms with Crippen molar-refractivity contribution in [1.82, 2.24) is 15.0 Å². The van der Waals surface area contributed by atoms with Crippen LogP contribution >= 0.6 is 0 Å². The molecule has 0 aliphatic rings. The van der Waals surface area contributed by atoms with E-state index in [2.05, 4.69) is 10.3 Å². The second-order valence-corrected chi connectivity index (χ2v) is 3.32. The molecule has 0 spiro atoms. The summed E-state index contributed by atoms with van der Waals surface area (Å²) in [7, 11) is 0. The summed E-state index contributed by atoms with van der Waals surface area (Å²) >= 11 is 0. The first-order chi connectivity index (χ1) is 7.63. The predicted molar refractivity (Wildman–Crippen MR) is 55.1 cm³/mol. The molecule has 2 aromatic heterocycles. The van der Waals surface area contributed by atoms with E-state index in [0.29, 0.717) is 18.0 Å². The number of aryl methyl sites for hydroxylation is 2. The summed E-state index contributed by atoms with van der Waals surface area (Å²) in [5.74, 6) is 0.0840. The number of aromatic nitrogens is 3.